The van der Waals surface area contributed by atoms with Gasteiger partial charge in [0.15, 0.2) is 0 Å². The summed E-state index contributed by atoms with van der Waals surface area (Å²) in [5.41, 5.74) is 2.74. The van der Waals surface area contributed by atoms with Gasteiger partial charge in [-0.05, 0) is 36.1 Å². The van der Waals surface area contributed by atoms with Crippen LogP contribution in [-0.2, 0) is 13.0 Å². The summed E-state index contributed by atoms with van der Waals surface area (Å²) in [5, 5.41) is 10.6. The van der Waals surface area contributed by atoms with E-state index in [-0.39, 0.29) is 0 Å². The van der Waals surface area contributed by atoms with Crippen LogP contribution in [0.2, 0.25) is 0 Å². The Bertz CT molecular complexity index is 688. The van der Waals surface area contributed by atoms with Gasteiger partial charge < -0.3 is 4.90 Å². The zero-order chi connectivity index (χ0) is 14.8. The van der Waals surface area contributed by atoms with Crippen molar-refractivity contribution >= 4 is 11.4 Å². The molecular formula is C16H15FN2O2. The molecule has 1 aliphatic rings. The van der Waals surface area contributed by atoms with Crippen molar-refractivity contribution in [2.24, 2.45) is 0 Å². The second-order valence-corrected chi connectivity index (χ2v) is 5.20. The number of para-hydroxylation sites is 1. The third-order valence-corrected chi connectivity index (χ3v) is 3.79. The van der Waals surface area contributed by atoms with Gasteiger partial charge in [0.1, 0.15) is 0 Å². The summed E-state index contributed by atoms with van der Waals surface area (Å²) in [4.78, 5) is 12.1. The van der Waals surface area contributed by atoms with Crippen LogP contribution in [0.25, 0.3) is 0 Å². The molecule has 4 nitrogen and oxygen atoms in total. The topological polar surface area (TPSA) is 46.4 Å². The molecule has 1 heterocycles. The van der Waals surface area contributed by atoms with Crippen LogP contribution in [0.3, 0.4) is 0 Å². The third kappa shape index (κ3) is 2.72. The van der Waals surface area contributed by atoms with E-state index < -0.39 is 16.4 Å². The van der Waals surface area contributed by atoms with Crippen LogP contribution < -0.4 is 4.90 Å². The molecule has 0 N–H and O–H groups in total. The highest BCUT2D eigenvalue weighted by atomic mass is 19.1. The zero-order valence-electron chi connectivity index (χ0n) is 11.5. The molecule has 0 radical (unpaired) electrons. The van der Waals surface area contributed by atoms with Crippen molar-refractivity contribution < 1.29 is 9.31 Å². The molecule has 21 heavy (non-hydrogen) atoms. The second-order valence-electron chi connectivity index (χ2n) is 5.20. The van der Waals surface area contributed by atoms with E-state index in [1.54, 1.807) is 6.07 Å². The van der Waals surface area contributed by atoms with E-state index in [9.17, 15) is 14.5 Å². The Kier molecular flexibility index (Phi) is 3.56. The van der Waals surface area contributed by atoms with Gasteiger partial charge in [-0.1, -0.05) is 24.3 Å². The fraction of sp³-hybridized carbons (Fsp3) is 0.250. The average molecular weight is 286 g/mol. The van der Waals surface area contributed by atoms with Gasteiger partial charge in [-0.2, -0.15) is 4.39 Å². The summed E-state index contributed by atoms with van der Waals surface area (Å²) >= 11 is 0. The monoisotopic (exact) mass is 286 g/mol. The summed E-state index contributed by atoms with van der Waals surface area (Å²) in [6.45, 7) is 1.47. The third-order valence-electron chi connectivity index (χ3n) is 3.79. The number of nitrogens with zero attached hydrogens (tertiary/aromatic N) is 2. The predicted molar refractivity (Wildman–Crippen MR) is 78.9 cm³/mol. The van der Waals surface area contributed by atoms with E-state index in [1.807, 2.05) is 12.1 Å². The van der Waals surface area contributed by atoms with Crippen LogP contribution in [0.4, 0.5) is 15.8 Å². The minimum Gasteiger partial charge on any atom is -0.367 e. The summed E-state index contributed by atoms with van der Waals surface area (Å²) in [7, 11) is 0. The first-order valence-corrected chi connectivity index (χ1v) is 6.91. The van der Waals surface area contributed by atoms with Gasteiger partial charge in [0.2, 0.25) is 5.82 Å². The number of rotatable bonds is 3. The lowest BCUT2D eigenvalue weighted by Gasteiger charge is -2.31. The Morgan fingerprint density at radius 3 is 2.81 bits per heavy atom. The number of aryl methyl sites for hydroxylation is 1. The van der Waals surface area contributed by atoms with Crippen LogP contribution in [0.1, 0.15) is 17.5 Å². The minimum atomic E-state index is -0.775. The summed E-state index contributed by atoms with van der Waals surface area (Å²) in [5.74, 6) is -0.775. The maximum absolute atomic E-state index is 13.7. The first-order valence-electron chi connectivity index (χ1n) is 6.91. The van der Waals surface area contributed by atoms with Crippen molar-refractivity contribution in [1.82, 2.24) is 0 Å². The van der Waals surface area contributed by atoms with Gasteiger partial charge in [0.25, 0.3) is 0 Å². The molecule has 0 fully saturated rings. The van der Waals surface area contributed by atoms with E-state index in [2.05, 4.69) is 17.0 Å². The van der Waals surface area contributed by atoms with Crippen LogP contribution in [-0.4, -0.2) is 11.5 Å². The van der Waals surface area contributed by atoms with Crippen LogP contribution in [0, 0.1) is 15.9 Å². The first-order chi connectivity index (χ1) is 10.1. The molecule has 5 heteroatoms. The molecule has 1 aliphatic heterocycles. The molecule has 2 aromatic rings. The fourth-order valence-corrected chi connectivity index (χ4v) is 2.79. The molecular weight excluding hydrogens is 271 g/mol. The van der Waals surface area contributed by atoms with Crippen LogP contribution >= 0.6 is 0 Å². The largest absolute Gasteiger partial charge is 0.367 e. The Balaban J connectivity index is 1.85. The number of benzene rings is 2. The number of hydrogen-bond donors (Lipinski definition) is 0. The Labute approximate surface area is 122 Å². The van der Waals surface area contributed by atoms with Crippen molar-refractivity contribution in [3.8, 4) is 0 Å². The van der Waals surface area contributed by atoms with Gasteiger partial charge in [-0.15, -0.1) is 0 Å². The second kappa shape index (κ2) is 5.52. The molecule has 0 amide bonds. The molecule has 0 aliphatic carbocycles. The van der Waals surface area contributed by atoms with Crippen molar-refractivity contribution in [3.05, 3.63) is 69.5 Å². The van der Waals surface area contributed by atoms with Crippen molar-refractivity contribution in [2.45, 2.75) is 19.4 Å². The predicted octanol–water partition coefficient (Wildman–Crippen LogP) is 3.69. The fourth-order valence-electron chi connectivity index (χ4n) is 2.79. The smallest absolute Gasteiger partial charge is 0.304 e. The molecule has 0 aromatic heterocycles. The molecule has 108 valence electrons. The molecule has 0 unspecified atom stereocenters. The van der Waals surface area contributed by atoms with E-state index in [0.29, 0.717) is 6.54 Å². The highest BCUT2D eigenvalue weighted by molar-refractivity contribution is 5.55. The lowest BCUT2D eigenvalue weighted by atomic mass is 10.0. The molecule has 0 saturated heterocycles. The summed E-state index contributed by atoms with van der Waals surface area (Å²) < 4.78 is 13.7. The Morgan fingerprint density at radius 1 is 1.24 bits per heavy atom. The minimum absolute atomic E-state index is 0.474. The molecule has 0 spiro atoms. The molecule has 3 rings (SSSR count). The number of nitro benzene ring substituents is 1. The quantitative estimate of drug-likeness (QED) is 0.638. The van der Waals surface area contributed by atoms with Gasteiger partial charge >= 0.3 is 5.69 Å². The zero-order valence-corrected chi connectivity index (χ0v) is 11.5. The van der Waals surface area contributed by atoms with Gasteiger partial charge in [0.05, 0.1) is 4.92 Å². The lowest BCUT2D eigenvalue weighted by Crippen LogP contribution is -2.28. The van der Waals surface area contributed by atoms with E-state index in [4.69, 9.17) is 0 Å². The summed E-state index contributed by atoms with van der Waals surface area (Å²) in [6.07, 6.45) is 2.12. The number of hydrogen-bond acceptors (Lipinski definition) is 3. The van der Waals surface area contributed by atoms with Crippen LogP contribution in [0.5, 0.6) is 0 Å². The molecule has 2 aromatic carbocycles. The van der Waals surface area contributed by atoms with Gasteiger partial charge in [-0.25, -0.2) is 0 Å². The number of halogens is 1. The van der Waals surface area contributed by atoms with Crippen molar-refractivity contribution in [1.29, 1.82) is 0 Å². The van der Waals surface area contributed by atoms with Crippen LogP contribution in [0.15, 0.2) is 42.5 Å². The molecule has 0 saturated carbocycles. The maximum atomic E-state index is 13.7. The highest BCUT2D eigenvalue weighted by Crippen LogP contribution is 2.28. The Morgan fingerprint density at radius 2 is 2.05 bits per heavy atom. The summed E-state index contributed by atoms with van der Waals surface area (Å²) in [6, 6.07) is 12.3. The lowest BCUT2D eigenvalue weighted by molar-refractivity contribution is -0.387. The van der Waals surface area contributed by atoms with Crippen molar-refractivity contribution in [3.63, 3.8) is 0 Å². The average Bonchev–Trinajstić information content (AvgIpc) is 2.47. The standard InChI is InChI=1S/C16H15FN2O2/c17-14-10-12(7-8-16(14)19(20)21)11-18-9-3-5-13-4-1-2-6-15(13)18/h1-2,4,6-8,10H,3,5,9,11H2. The number of anilines is 1. The molecule has 0 bridgehead atoms. The first kappa shape index (κ1) is 13.5. The van der Waals surface area contributed by atoms with E-state index in [0.717, 1.165) is 24.9 Å². The van der Waals surface area contributed by atoms with E-state index in [1.165, 1.54) is 23.4 Å². The van der Waals surface area contributed by atoms with Crippen molar-refractivity contribution in [2.75, 3.05) is 11.4 Å². The number of nitro groups is 1. The SMILES string of the molecule is O=[N+]([O-])c1ccc(CN2CCCc3ccccc32)cc1F. The van der Waals surface area contributed by atoms with E-state index >= 15 is 0 Å². The highest BCUT2D eigenvalue weighted by Gasteiger charge is 2.18. The van der Waals surface area contributed by atoms with Gasteiger partial charge in [0, 0.05) is 24.8 Å². The normalized spacial score (nSPS) is 13.9. The maximum Gasteiger partial charge on any atom is 0.304 e. The van der Waals surface area contributed by atoms with Gasteiger partial charge in [-0.3, -0.25) is 10.1 Å². The number of fused-ring (bicyclic) bond motifs is 1. The molecule has 0 atom stereocenters. The Hall–Kier alpha value is -2.43.